The van der Waals surface area contributed by atoms with Crippen LogP contribution in [0.3, 0.4) is 0 Å². The summed E-state index contributed by atoms with van der Waals surface area (Å²) in [5, 5.41) is 1.53. The van der Waals surface area contributed by atoms with Crippen LogP contribution in [0.25, 0.3) is 0 Å². The zero-order valence-corrected chi connectivity index (χ0v) is 15.1. The zero-order valence-electron chi connectivity index (χ0n) is 15.1. The smallest absolute Gasteiger partial charge is 0.246 e. The molecule has 1 aromatic rings. The number of nitrogens with zero attached hydrogens (tertiary/aromatic N) is 2. The first-order valence-electron chi connectivity index (χ1n) is 9.27. The maximum Gasteiger partial charge on any atom is 0.246 e. The summed E-state index contributed by atoms with van der Waals surface area (Å²) in [6, 6.07) is 9.96. The van der Waals surface area contributed by atoms with Gasteiger partial charge in [0, 0.05) is 26.1 Å². The first-order valence-corrected chi connectivity index (χ1v) is 9.27. The molecule has 0 radical (unpaired) electrons. The highest BCUT2D eigenvalue weighted by Crippen LogP contribution is 2.10. The molecule has 1 aliphatic rings. The summed E-state index contributed by atoms with van der Waals surface area (Å²) in [6.07, 6.45) is 3.30. The average Bonchev–Trinajstić information content (AvgIpc) is 2.66. The van der Waals surface area contributed by atoms with Crippen molar-refractivity contribution in [2.45, 2.75) is 32.2 Å². The summed E-state index contributed by atoms with van der Waals surface area (Å²) in [5.74, 6) is 0.0443. The Hall–Kier alpha value is -1.47. The maximum atomic E-state index is 12.5. The quantitative estimate of drug-likeness (QED) is 0.487. The number of carbonyl (C=O) groups is 1. The number of rotatable bonds is 11. The van der Waals surface area contributed by atoms with Crippen molar-refractivity contribution in [2.24, 2.45) is 5.73 Å². The molecule has 1 amide bonds. The standard InChI is InChI=1S/C19H31N3O3/c20-10-6-2-5-9-19(23)22(17-18-7-3-1-4-8-18)25-16-13-21-11-14-24-15-12-21/h1,3-4,7-8H,2,5-6,9-17,20H2. The van der Waals surface area contributed by atoms with Crippen molar-refractivity contribution < 1.29 is 14.4 Å². The van der Waals surface area contributed by atoms with Crippen molar-refractivity contribution in [3.63, 3.8) is 0 Å². The number of ether oxygens (including phenoxy) is 1. The van der Waals surface area contributed by atoms with E-state index in [1.807, 2.05) is 30.3 Å². The Morgan fingerprint density at radius 2 is 1.92 bits per heavy atom. The van der Waals surface area contributed by atoms with E-state index in [2.05, 4.69) is 4.90 Å². The molecule has 0 spiro atoms. The van der Waals surface area contributed by atoms with E-state index in [-0.39, 0.29) is 5.91 Å². The molecule has 1 aromatic carbocycles. The van der Waals surface area contributed by atoms with Crippen molar-refractivity contribution in [2.75, 3.05) is 46.0 Å². The van der Waals surface area contributed by atoms with E-state index in [1.165, 1.54) is 5.06 Å². The normalized spacial score (nSPS) is 15.2. The number of hydroxylamine groups is 2. The minimum absolute atomic E-state index is 0.0443. The predicted molar refractivity (Wildman–Crippen MR) is 97.7 cm³/mol. The van der Waals surface area contributed by atoms with Crippen LogP contribution in [0.4, 0.5) is 0 Å². The summed E-state index contributed by atoms with van der Waals surface area (Å²) in [5.41, 5.74) is 6.58. The van der Waals surface area contributed by atoms with Gasteiger partial charge >= 0.3 is 0 Å². The Balaban J connectivity index is 1.81. The minimum Gasteiger partial charge on any atom is -0.379 e. The SMILES string of the molecule is NCCCCCC(=O)N(Cc1ccccc1)OCCN1CCOCC1. The molecule has 25 heavy (non-hydrogen) atoms. The molecule has 0 atom stereocenters. The molecule has 1 saturated heterocycles. The van der Waals surface area contributed by atoms with Crippen molar-refractivity contribution >= 4 is 5.91 Å². The first kappa shape index (κ1) is 19.8. The lowest BCUT2D eigenvalue weighted by molar-refractivity contribution is -0.192. The van der Waals surface area contributed by atoms with Gasteiger partial charge in [0.15, 0.2) is 0 Å². The van der Waals surface area contributed by atoms with Crippen molar-refractivity contribution in [3.8, 4) is 0 Å². The van der Waals surface area contributed by atoms with E-state index >= 15 is 0 Å². The number of benzene rings is 1. The molecular weight excluding hydrogens is 318 g/mol. The van der Waals surface area contributed by atoms with Crippen LogP contribution in [0.5, 0.6) is 0 Å². The number of morpholine rings is 1. The summed E-state index contributed by atoms with van der Waals surface area (Å²) in [7, 11) is 0. The van der Waals surface area contributed by atoms with Gasteiger partial charge in [-0.3, -0.25) is 14.5 Å². The van der Waals surface area contributed by atoms with Crippen LogP contribution >= 0.6 is 0 Å². The molecule has 0 aliphatic carbocycles. The molecule has 0 saturated carbocycles. The molecular formula is C19H31N3O3. The molecule has 0 aromatic heterocycles. The van der Waals surface area contributed by atoms with E-state index in [0.29, 0.717) is 26.1 Å². The minimum atomic E-state index is 0.0443. The lowest BCUT2D eigenvalue weighted by Crippen LogP contribution is -2.40. The van der Waals surface area contributed by atoms with Crippen LogP contribution in [0, 0.1) is 0 Å². The molecule has 1 fully saturated rings. The Kier molecular flexibility index (Phi) is 9.51. The summed E-state index contributed by atoms with van der Waals surface area (Å²) in [6.45, 7) is 5.89. The fraction of sp³-hybridized carbons (Fsp3) is 0.632. The van der Waals surface area contributed by atoms with Gasteiger partial charge in [0.2, 0.25) is 5.91 Å². The van der Waals surface area contributed by atoms with Gasteiger partial charge in [-0.25, -0.2) is 5.06 Å². The third kappa shape index (κ3) is 7.96. The fourth-order valence-corrected chi connectivity index (χ4v) is 2.78. The maximum absolute atomic E-state index is 12.5. The van der Waals surface area contributed by atoms with Crippen molar-refractivity contribution in [3.05, 3.63) is 35.9 Å². The highest BCUT2D eigenvalue weighted by atomic mass is 16.7. The largest absolute Gasteiger partial charge is 0.379 e. The summed E-state index contributed by atoms with van der Waals surface area (Å²) < 4.78 is 5.35. The Bertz CT molecular complexity index is 478. The van der Waals surface area contributed by atoms with Gasteiger partial charge < -0.3 is 10.5 Å². The van der Waals surface area contributed by atoms with Crippen LogP contribution in [0.15, 0.2) is 30.3 Å². The van der Waals surface area contributed by atoms with Gasteiger partial charge in [-0.2, -0.15) is 0 Å². The van der Waals surface area contributed by atoms with E-state index < -0.39 is 0 Å². The van der Waals surface area contributed by atoms with Crippen LogP contribution in [-0.4, -0.2) is 61.9 Å². The van der Waals surface area contributed by atoms with Crippen LogP contribution in [-0.2, 0) is 20.9 Å². The highest BCUT2D eigenvalue weighted by molar-refractivity contribution is 5.75. The molecule has 1 heterocycles. The number of hydrogen-bond donors (Lipinski definition) is 1. The predicted octanol–water partition coefficient (Wildman–Crippen LogP) is 1.80. The molecule has 1 aliphatic heterocycles. The molecule has 2 N–H and O–H groups in total. The van der Waals surface area contributed by atoms with E-state index in [1.54, 1.807) is 0 Å². The van der Waals surface area contributed by atoms with Crippen LogP contribution in [0.1, 0.15) is 31.2 Å². The second-order valence-electron chi connectivity index (χ2n) is 6.30. The van der Waals surface area contributed by atoms with Crippen molar-refractivity contribution in [1.29, 1.82) is 0 Å². The topological polar surface area (TPSA) is 68.0 Å². The van der Waals surface area contributed by atoms with Crippen LogP contribution in [0.2, 0.25) is 0 Å². The van der Waals surface area contributed by atoms with Gasteiger partial charge in [0.05, 0.1) is 26.4 Å². The summed E-state index contributed by atoms with van der Waals surface area (Å²) in [4.78, 5) is 20.7. The fourth-order valence-electron chi connectivity index (χ4n) is 2.78. The lowest BCUT2D eigenvalue weighted by Gasteiger charge is -2.28. The zero-order chi connectivity index (χ0) is 17.7. The average molecular weight is 349 g/mol. The first-order chi connectivity index (χ1) is 12.3. The van der Waals surface area contributed by atoms with Gasteiger partial charge in [0.1, 0.15) is 0 Å². The van der Waals surface area contributed by atoms with Gasteiger partial charge in [-0.1, -0.05) is 36.8 Å². The van der Waals surface area contributed by atoms with Crippen molar-refractivity contribution in [1.82, 2.24) is 9.96 Å². The number of carbonyl (C=O) groups excluding carboxylic acids is 1. The third-order valence-electron chi connectivity index (χ3n) is 4.30. The summed E-state index contributed by atoms with van der Waals surface area (Å²) >= 11 is 0. The third-order valence-corrected chi connectivity index (χ3v) is 4.30. The number of hydrogen-bond acceptors (Lipinski definition) is 5. The molecule has 6 nitrogen and oxygen atoms in total. The van der Waals surface area contributed by atoms with Gasteiger partial charge in [-0.05, 0) is 24.9 Å². The Morgan fingerprint density at radius 1 is 1.16 bits per heavy atom. The van der Waals surface area contributed by atoms with E-state index in [4.69, 9.17) is 15.3 Å². The number of amides is 1. The molecule has 2 rings (SSSR count). The number of nitrogens with two attached hydrogens (primary N) is 1. The Labute approximate surface area is 150 Å². The molecule has 0 unspecified atom stereocenters. The van der Waals surface area contributed by atoms with E-state index in [9.17, 15) is 4.79 Å². The van der Waals surface area contributed by atoms with Crippen LogP contribution < -0.4 is 5.73 Å². The molecule has 0 bridgehead atoms. The second-order valence-corrected chi connectivity index (χ2v) is 6.30. The van der Waals surface area contributed by atoms with Gasteiger partial charge in [-0.15, -0.1) is 0 Å². The Morgan fingerprint density at radius 3 is 2.64 bits per heavy atom. The number of unbranched alkanes of at least 4 members (excludes halogenated alkanes) is 2. The van der Waals surface area contributed by atoms with Gasteiger partial charge in [0.25, 0.3) is 0 Å². The molecule has 140 valence electrons. The van der Waals surface area contributed by atoms with E-state index in [0.717, 1.165) is 57.7 Å². The monoisotopic (exact) mass is 349 g/mol. The molecule has 6 heteroatoms. The highest BCUT2D eigenvalue weighted by Gasteiger charge is 2.16. The second kappa shape index (κ2) is 12.0. The lowest BCUT2D eigenvalue weighted by atomic mass is 10.1.